The second kappa shape index (κ2) is 9.82. The van der Waals surface area contributed by atoms with Crippen molar-refractivity contribution in [1.82, 2.24) is 9.80 Å². The summed E-state index contributed by atoms with van der Waals surface area (Å²) in [4.78, 5) is 4.71. The smallest absolute Gasteiger partial charge is 0.0211 e. The summed E-state index contributed by atoms with van der Waals surface area (Å²) in [6.07, 6.45) is 6.87. The lowest BCUT2D eigenvalue weighted by atomic mass is 9.98. The fourth-order valence-electron chi connectivity index (χ4n) is 3.35. The normalized spacial score (nSPS) is 17.3. The Labute approximate surface area is 167 Å². The van der Waals surface area contributed by atoms with Crippen molar-refractivity contribution >= 4 is 18.5 Å². The number of likely N-dealkylation sites (N-methyl/N-ethyl adjacent to an activating group) is 2. The van der Waals surface area contributed by atoms with Crippen LogP contribution in [0.15, 0.2) is 60.7 Å². The van der Waals surface area contributed by atoms with Crippen LogP contribution in [-0.2, 0) is 0 Å². The van der Waals surface area contributed by atoms with Crippen LogP contribution in [0.5, 0.6) is 0 Å². The molecule has 1 aliphatic rings. The minimum atomic E-state index is -0.546. The van der Waals surface area contributed by atoms with Crippen molar-refractivity contribution in [3.05, 3.63) is 91.5 Å². The third-order valence-electron chi connectivity index (χ3n) is 5.11. The maximum absolute atomic E-state index is 2.46. The van der Waals surface area contributed by atoms with E-state index in [1.807, 2.05) is 0 Å². The minimum Gasteiger partial charge on any atom is -0.308 e. The lowest BCUT2D eigenvalue weighted by Crippen LogP contribution is -2.40. The van der Waals surface area contributed by atoms with Crippen molar-refractivity contribution in [3.8, 4) is 0 Å². The zero-order valence-corrected chi connectivity index (χ0v) is 17.7. The standard InChI is InChI=1S/C24H30N2P/c1-20(26(4)19-18-25(2)3)23-16-11-17-24(23)27(21-12-7-5-8-13-21)22-14-9-6-10-15-22/h5-17,20H,18-19H2,1-4H3/t20-/m0/s1. The number of hydrogen-bond acceptors (Lipinski definition) is 2. The Morgan fingerprint density at radius 1 is 0.778 bits per heavy atom. The molecule has 3 heteroatoms. The first-order valence-electron chi connectivity index (χ1n) is 9.58. The van der Waals surface area contributed by atoms with E-state index in [9.17, 15) is 0 Å². The maximum Gasteiger partial charge on any atom is 0.0211 e. The van der Waals surface area contributed by atoms with Gasteiger partial charge in [0.1, 0.15) is 0 Å². The van der Waals surface area contributed by atoms with Crippen LogP contribution in [0, 0.1) is 30.8 Å². The van der Waals surface area contributed by atoms with E-state index in [1.54, 1.807) is 0 Å². The van der Waals surface area contributed by atoms with Crippen LogP contribution in [0.25, 0.3) is 0 Å². The second-order valence-corrected chi connectivity index (χ2v) is 9.52. The van der Waals surface area contributed by atoms with E-state index in [1.165, 1.54) is 22.2 Å². The van der Waals surface area contributed by atoms with Gasteiger partial charge in [-0.05, 0) is 65.9 Å². The van der Waals surface area contributed by atoms with Gasteiger partial charge in [-0.2, -0.15) is 0 Å². The van der Waals surface area contributed by atoms with Crippen molar-refractivity contribution in [1.29, 1.82) is 0 Å². The van der Waals surface area contributed by atoms with Gasteiger partial charge in [0.25, 0.3) is 0 Å². The summed E-state index contributed by atoms with van der Waals surface area (Å²) in [5.41, 5.74) is 1.48. The molecule has 0 saturated heterocycles. The third-order valence-corrected chi connectivity index (χ3v) is 7.62. The van der Waals surface area contributed by atoms with Crippen LogP contribution in [0.1, 0.15) is 6.92 Å². The molecule has 5 radical (unpaired) electrons. The summed E-state index contributed by atoms with van der Waals surface area (Å²) < 4.78 is 0. The van der Waals surface area contributed by atoms with E-state index in [-0.39, 0.29) is 0 Å². The lowest BCUT2D eigenvalue weighted by molar-refractivity contribution is 0.240. The molecule has 0 heterocycles. The van der Waals surface area contributed by atoms with E-state index in [4.69, 9.17) is 0 Å². The van der Waals surface area contributed by atoms with Gasteiger partial charge in [0.05, 0.1) is 0 Å². The van der Waals surface area contributed by atoms with Gasteiger partial charge in [-0.1, -0.05) is 60.7 Å². The summed E-state index contributed by atoms with van der Waals surface area (Å²) in [7, 11) is 5.96. The van der Waals surface area contributed by atoms with Gasteiger partial charge in [0.15, 0.2) is 0 Å². The van der Waals surface area contributed by atoms with Gasteiger partial charge in [-0.15, -0.1) is 0 Å². The predicted octanol–water partition coefficient (Wildman–Crippen LogP) is 3.73. The first-order chi connectivity index (χ1) is 13.1. The Morgan fingerprint density at radius 3 is 1.85 bits per heavy atom. The SMILES string of the molecule is C[C@@H]([C]1[CH][CH][CH][C]1P(c1ccccc1)c1ccccc1)N(C)CCN(C)C. The predicted molar refractivity (Wildman–Crippen MR) is 119 cm³/mol. The molecule has 0 N–H and O–H groups in total. The van der Waals surface area contributed by atoms with Crippen LogP contribution in [0.4, 0.5) is 0 Å². The number of hydrogen-bond donors (Lipinski definition) is 0. The summed E-state index contributed by atoms with van der Waals surface area (Å²) in [5, 5.41) is 2.82. The van der Waals surface area contributed by atoms with Gasteiger partial charge >= 0.3 is 0 Å². The highest BCUT2D eigenvalue weighted by molar-refractivity contribution is 7.76. The average Bonchev–Trinajstić information content (AvgIpc) is 3.16. The minimum absolute atomic E-state index is 0.396. The van der Waals surface area contributed by atoms with Crippen LogP contribution >= 0.6 is 7.92 Å². The van der Waals surface area contributed by atoms with Crippen molar-refractivity contribution in [2.75, 3.05) is 34.2 Å². The van der Waals surface area contributed by atoms with E-state index in [0.717, 1.165) is 13.1 Å². The van der Waals surface area contributed by atoms with E-state index in [2.05, 4.69) is 118 Å². The van der Waals surface area contributed by atoms with Crippen molar-refractivity contribution in [2.24, 2.45) is 0 Å². The molecule has 0 unspecified atom stereocenters. The molecule has 2 nitrogen and oxygen atoms in total. The van der Waals surface area contributed by atoms with Gasteiger partial charge in [-0.3, -0.25) is 0 Å². The molecule has 3 rings (SSSR count). The quantitative estimate of drug-likeness (QED) is 0.647. The number of nitrogens with zero attached hydrogens (tertiary/aromatic N) is 2. The summed E-state index contributed by atoms with van der Waals surface area (Å²) in [6.45, 7) is 4.47. The molecule has 1 saturated carbocycles. The summed E-state index contributed by atoms with van der Waals surface area (Å²) in [6, 6.07) is 22.3. The van der Waals surface area contributed by atoms with Crippen molar-refractivity contribution < 1.29 is 0 Å². The van der Waals surface area contributed by atoms with Crippen LogP contribution in [0.2, 0.25) is 0 Å². The van der Waals surface area contributed by atoms with E-state index < -0.39 is 7.92 Å². The molecule has 1 fully saturated rings. The first kappa shape index (κ1) is 20.5. The molecule has 0 spiro atoms. The molecule has 141 valence electrons. The highest BCUT2D eigenvalue weighted by Crippen LogP contribution is 2.57. The van der Waals surface area contributed by atoms with Crippen LogP contribution in [-0.4, -0.2) is 50.1 Å². The number of benzene rings is 2. The Hall–Kier alpha value is -1.21. The van der Waals surface area contributed by atoms with Crippen LogP contribution < -0.4 is 10.6 Å². The summed E-state index contributed by atoms with van der Waals surface area (Å²) in [5.74, 6) is 1.45. The molecule has 1 aliphatic carbocycles. The van der Waals surface area contributed by atoms with E-state index >= 15 is 0 Å². The Balaban J connectivity index is 1.85. The van der Waals surface area contributed by atoms with Gasteiger partial charge in [0.2, 0.25) is 0 Å². The second-order valence-electron chi connectivity index (χ2n) is 7.33. The zero-order chi connectivity index (χ0) is 19.2. The Bertz CT molecular complexity index is 634. The molecule has 1 atom stereocenters. The lowest BCUT2D eigenvalue weighted by Gasteiger charge is -2.36. The van der Waals surface area contributed by atoms with Gasteiger partial charge < -0.3 is 9.80 Å². The third kappa shape index (κ3) is 5.19. The van der Waals surface area contributed by atoms with E-state index in [0.29, 0.717) is 6.04 Å². The van der Waals surface area contributed by atoms with Crippen molar-refractivity contribution in [2.45, 2.75) is 13.0 Å². The Morgan fingerprint density at radius 2 is 1.33 bits per heavy atom. The van der Waals surface area contributed by atoms with Crippen molar-refractivity contribution in [3.63, 3.8) is 0 Å². The highest BCUT2D eigenvalue weighted by atomic mass is 31.1. The molecular weight excluding hydrogens is 347 g/mol. The molecule has 0 amide bonds. The maximum atomic E-state index is 2.46. The molecule has 0 aromatic heterocycles. The average molecular weight is 377 g/mol. The fourth-order valence-corrected chi connectivity index (χ4v) is 5.90. The fraction of sp³-hybridized carbons (Fsp3) is 0.292. The topological polar surface area (TPSA) is 6.48 Å². The number of rotatable bonds is 8. The first-order valence-corrected chi connectivity index (χ1v) is 10.9. The largest absolute Gasteiger partial charge is 0.308 e. The monoisotopic (exact) mass is 377 g/mol. The molecule has 2 aromatic carbocycles. The highest BCUT2D eigenvalue weighted by Gasteiger charge is 2.40. The molecule has 0 aliphatic heterocycles. The Kier molecular flexibility index (Phi) is 7.47. The molecule has 0 bridgehead atoms. The van der Waals surface area contributed by atoms with Gasteiger partial charge in [-0.25, -0.2) is 0 Å². The van der Waals surface area contributed by atoms with Gasteiger partial charge in [0, 0.05) is 30.7 Å². The molecule has 2 aromatic rings. The zero-order valence-electron chi connectivity index (χ0n) is 16.8. The van der Waals surface area contributed by atoms with Crippen LogP contribution in [0.3, 0.4) is 0 Å². The summed E-state index contributed by atoms with van der Waals surface area (Å²) >= 11 is 0. The molecule has 27 heavy (non-hydrogen) atoms. The molecular formula is C24H30N2P.